The fourth-order valence-corrected chi connectivity index (χ4v) is 1.43. The van der Waals surface area contributed by atoms with E-state index >= 15 is 0 Å². The maximum Gasteiger partial charge on any atom is 0.407 e. The first-order chi connectivity index (χ1) is 8.81. The lowest BCUT2D eigenvalue weighted by Gasteiger charge is -2.20. The van der Waals surface area contributed by atoms with Crippen LogP contribution in [0.25, 0.3) is 0 Å². The second-order valence-corrected chi connectivity index (χ2v) is 5.22. The van der Waals surface area contributed by atoms with Gasteiger partial charge in [-0.15, -0.1) is 0 Å². The Bertz CT molecular complexity index is 469. The zero-order valence-electron chi connectivity index (χ0n) is 11.4. The Morgan fingerprint density at radius 1 is 1.42 bits per heavy atom. The number of hydrogen-bond donors (Lipinski definition) is 2. The summed E-state index contributed by atoms with van der Waals surface area (Å²) in [4.78, 5) is 11.5. The number of carbonyl (C=O) groups is 1. The molecule has 0 saturated carbocycles. The molecule has 1 unspecified atom stereocenters. The Labute approximate surface area is 113 Å². The molecule has 0 aliphatic carbocycles. The number of ether oxygens (including phenoxy) is 1. The molecule has 0 aliphatic rings. The van der Waals surface area contributed by atoms with Crippen molar-refractivity contribution in [2.75, 3.05) is 6.54 Å². The van der Waals surface area contributed by atoms with Crippen LogP contribution in [-0.2, 0) is 4.74 Å². The minimum Gasteiger partial charge on any atom is -0.444 e. The summed E-state index contributed by atoms with van der Waals surface area (Å²) in [6, 6.07) is 8.66. The highest BCUT2D eigenvalue weighted by Gasteiger charge is 2.16. The zero-order chi connectivity index (χ0) is 14.5. The van der Waals surface area contributed by atoms with Gasteiger partial charge < -0.3 is 15.8 Å². The summed E-state index contributed by atoms with van der Waals surface area (Å²) in [5.41, 5.74) is 6.86. The van der Waals surface area contributed by atoms with E-state index in [1.807, 2.05) is 6.07 Å². The maximum absolute atomic E-state index is 11.5. The summed E-state index contributed by atoms with van der Waals surface area (Å²) in [7, 11) is 0. The molecule has 1 aromatic rings. The van der Waals surface area contributed by atoms with Crippen molar-refractivity contribution < 1.29 is 9.53 Å². The summed E-state index contributed by atoms with van der Waals surface area (Å²) in [5.74, 6) is 0. The molecule has 1 aromatic carbocycles. The van der Waals surface area contributed by atoms with Crippen molar-refractivity contribution in [1.29, 1.82) is 5.26 Å². The smallest absolute Gasteiger partial charge is 0.407 e. The van der Waals surface area contributed by atoms with Crippen LogP contribution < -0.4 is 11.1 Å². The molecular weight excluding hydrogens is 242 g/mol. The molecule has 1 rings (SSSR count). The molecule has 5 nitrogen and oxygen atoms in total. The van der Waals surface area contributed by atoms with Gasteiger partial charge >= 0.3 is 6.09 Å². The molecule has 0 radical (unpaired) electrons. The highest BCUT2D eigenvalue weighted by molar-refractivity contribution is 5.67. The third-order valence-electron chi connectivity index (χ3n) is 2.33. The van der Waals surface area contributed by atoms with Crippen LogP contribution >= 0.6 is 0 Å². The lowest BCUT2D eigenvalue weighted by Crippen LogP contribution is -2.36. The van der Waals surface area contributed by atoms with Crippen LogP contribution in [0.5, 0.6) is 0 Å². The number of amides is 1. The molecule has 19 heavy (non-hydrogen) atoms. The van der Waals surface area contributed by atoms with Gasteiger partial charge in [0.2, 0.25) is 0 Å². The fourth-order valence-electron chi connectivity index (χ4n) is 1.43. The first-order valence-electron chi connectivity index (χ1n) is 6.04. The van der Waals surface area contributed by atoms with Gasteiger partial charge in [-0.1, -0.05) is 12.1 Å². The van der Waals surface area contributed by atoms with Crippen LogP contribution in [0.3, 0.4) is 0 Å². The van der Waals surface area contributed by atoms with Crippen molar-refractivity contribution in [2.24, 2.45) is 5.73 Å². The first-order valence-corrected chi connectivity index (χ1v) is 6.04. The Morgan fingerprint density at radius 3 is 2.47 bits per heavy atom. The molecule has 0 aliphatic heterocycles. The molecule has 0 fully saturated rings. The van der Waals surface area contributed by atoms with Crippen LogP contribution in [0.15, 0.2) is 24.3 Å². The van der Waals surface area contributed by atoms with E-state index in [-0.39, 0.29) is 12.6 Å². The van der Waals surface area contributed by atoms with Crippen LogP contribution in [-0.4, -0.2) is 18.2 Å². The third-order valence-corrected chi connectivity index (χ3v) is 2.33. The molecule has 5 heteroatoms. The van der Waals surface area contributed by atoms with Gasteiger partial charge in [0.25, 0.3) is 0 Å². The van der Waals surface area contributed by atoms with Crippen molar-refractivity contribution in [1.82, 2.24) is 5.32 Å². The molecule has 1 atom stereocenters. The van der Waals surface area contributed by atoms with Crippen molar-refractivity contribution in [3.05, 3.63) is 35.4 Å². The number of nitrogens with one attached hydrogen (secondary N) is 1. The number of nitriles is 1. The second-order valence-electron chi connectivity index (χ2n) is 5.22. The van der Waals surface area contributed by atoms with Crippen LogP contribution in [0.1, 0.15) is 37.9 Å². The molecule has 0 saturated heterocycles. The van der Waals surface area contributed by atoms with Crippen LogP contribution in [0.4, 0.5) is 4.79 Å². The molecule has 0 spiro atoms. The van der Waals surface area contributed by atoms with E-state index in [2.05, 4.69) is 5.32 Å². The predicted octanol–water partition coefficient (Wildman–Crippen LogP) is 2.08. The standard InChI is InChI=1S/C14H19N3O2/c1-14(2,3)19-13(18)17-9-12(16)11-6-4-10(8-15)5-7-11/h4-7,12H,9,16H2,1-3H3,(H,17,18). The van der Waals surface area contributed by atoms with Gasteiger partial charge in [0, 0.05) is 12.6 Å². The topological polar surface area (TPSA) is 88.1 Å². The number of nitrogens with zero attached hydrogens (tertiary/aromatic N) is 1. The fraction of sp³-hybridized carbons (Fsp3) is 0.429. The first kappa shape index (κ1) is 15.0. The zero-order valence-corrected chi connectivity index (χ0v) is 11.4. The molecule has 102 valence electrons. The van der Waals surface area contributed by atoms with E-state index < -0.39 is 11.7 Å². The van der Waals surface area contributed by atoms with Crippen molar-refractivity contribution >= 4 is 6.09 Å². The maximum atomic E-state index is 11.5. The number of rotatable bonds is 3. The van der Waals surface area contributed by atoms with E-state index in [1.165, 1.54) is 0 Å². The Morgan fingerprint density at radius 2 is 2.00 bits per heavy atom. The third kappa shape index (κ3) is 5.40. The van der Waals surface area contributed by atoms with E-state index in [0.29, 0.717) is 5.56 Å². The Hall–Kier alpha value is -2.06. The van der Waals surface area contributed by atoms with Crippen LogP contribution in [0, 0.1) is 11.3 Å². The lowest BCUT2D eigenvalue weighted by molar-refractivity contribution is 0.0524. The minimum absolute atomic E-state index is 0.279. The van der Waals surface area contributed by atoms with Gasteiger partial charge in [-0.05, 0) is 38.5 Å². The highest BCUT2D eigenvalue weighted by Crippen LogP contribution is 2.11. The molecule has 1 amide bonds. The Kier molecular flexibility index (Phi) is 4.90. The van der Waals surface area contributed by atoms with Crippen molar-refractivity contribution in [3.8, 4) is 6.07 Å². The van der Waals surface area contributed by atoms with Crippen molar-refractivity contribution in [3.63, 3.8) is 0 Å². The number of alkyl carbamates (subject to hydrolysis) is 1. The highest BCUT2D eigenvalue weighted by atomic mass is 16.6. The number of benzene rings is 1. The lowest BCUT2D eigenvalue weighted by atomic mass is 10.1. The molecule has 0 heterocycles. The summed E-state index contributed by atoms with van der Waals surface area (Å²) >= 11 is 0. The van der Waals surface area contributed by atoms with Gasteiger partial charge in [-0.25, -0.2) is 4.79 Å². The van der Waals surface area contributed by atoms with Gasteiger partial charge in [0.1, 0.15) is 5.60 Å². The molecule has 0 bridgehead atoms. The average Bonchev–Trinajstić information content (AvgIpc) is 2.34. The minimum atomic E-state index is -0.525. The van der Waals surface area contributed by atoms with Gasteiger partial charge in [-0.2, -0.15) is 5.26 Å². The van der Waals surface area contributed by atoms with E-state index in [1.54, 1.807) is 45.0 Å². The van der Waals surface area contributed by atoms with E-state index in [0.717, 1.165) is 5.56 Å². The van der Waals surface area contributed by atoms with E-state index in [9.17, 15) is 4.79 Å². The van der Waals surface area contributed by atoms with E-state index in [4.69, 9.17) is 15.7 Å². The normalized spacial score (nSPS) is 12.4. The largest absolute Gasteiger partial charge is 0.444 e. The van der Waals surface area contributed by atoms with Gasteiger partial charge in [0.15, 0.2) is 0 Å². The molecule has 3 N–H and O–H groups in total. The van der Waals surface area contributed by atoms with Crippen LogP contribution in [0.2, 0.25) is 0 Å². The monoisotopic (exact) mass is 261 g/mol. The summed E-state index contributed by atoms with van der Waals surface area (Å²) < 4.78 is 5.11. The number of carbonyl (C=O) groups excluding carboxylic acids is 1. The summed E-state index contributed by atoms with van der Waals surface area (Å²) in [6.07, 6.45) is -0.489. The van der Waals surface area contributed by atoms with Gasteiger partial charge in [-0.3, -0.25) is 0 Å². The molecule has 0 aromatic heterocycles. The van der Waals surface area contributed by atoms with Gasteiger partial charge in [0.05, 0.1) is 11.6 Å². The number of hydrogen-bond acceptors (Lipinski definition) is 4. The molecular formula is C14H19N3O2. The second kappa shape index (κ2) is 6.21. The quantitative estimate of drug-likeness (QED) is 0.872. The predicted molar refractivity (Wildman–Crippen MR) is 72.3 cm³/mol. The summed E-state index contributed by atoms with van der Waals surface area (Å²) in [6.45, 7) is 5.67. The number of nitrogens with two attached hydrogens (primary N) is 1. The summed E-state index contributed by atoms with van der Waals surface area (Å²) in [5, 5.41) is 11.3. The Balaban J connectivity index is 2.49. The SMILES string of the molecule is CC(C)(C)OC(=O)NCC(N)c1ccc(C#N)cc1. The van der Waals surface area contributed by atoms with Crippen molar-refractivity contribution in [2.45, 2.75) is 32.4 Å². The average molecular weight is 261 g/mol.